The smallest absolute Gasteiger partial charge is 0.0334 e. The Morgan fingerprint density at radius 1 is 1.05 bits per heavy atom. The minimum Gasteiger partial charge on any atom is -0.329 e. The van der Waals surface area contributed by atoms with Crippen LogP contribution in [0.3, 0.4) is 0 Å². The Bertz CT molecular complexity index is 298. The molecule has 0 amide bonds. The van der Waals surface area contributed by atoms with Crippen LogP contribution in [-0.4, -0.2) is 30.1 Å². The maximum Gasteiger partial charge on any atom is 0.0334 e. The van der Waals surface area contributed by atoms with Crippen LogP contribution in [0.4, 0.5) is 0 Å². The summed E-state index contributed by atoms with van der Waals surface area (Å²) >= 11 is 0. The average molecular weight is 264 g/mol. The summed E-state index contributed by atoms with van der Waals surface area (Å²) in [4.78, 5) is 2.80. The van der Waals surface area contributed by atoms with Gasteiger partial charge in [-0.3, -0.25) is 4.90 Å². The summed E-state index contributed by atoms with van der Waals surface area (Å²) in [5, 5.41) is 0. The first-order valence-corrected chi connectivity index (χ1v) is 8.67. The average Bonchev–Trinajstić information content (AvgIpc) is 3.08. The second kappa shape index (κ2) is 5.37. The van der Waals surface area contributed by atoms with Crippen LogP contribution in [-0.2, 0) is 0 Å². The minimum atomic E-state index is 0.376. The van der Waals surface area contributed by atoms with Crippen molar-refractivity contribution in [3.63, 3.8) is 0 Å². The molecular weight excluding hydrogens is 232 g/mol. The molecule has 2 saturated carbocycles. The van der Waals surface area contributed by atoms with Crippen LogP contribution in [0.2, 0.25) is 0 Å². The van der Waals surface area contributed by atoms with Gasteiger partial charge in [0.05, 0.1) is 0 Å². The van der Waals surface area contributed by atoms with E-state index in [2.05, 4.69) is 11.8 Å². The van der Waals surface area contributed by atoms with Gasteiger partial charge in [0, 0.05) is 12.1 Å². The molecule has 0 aromatic carbocycles. The maximum atomic E-state index is 6.22. The number of piperidine rings is 1. The third-order valence-electron chi connectivity index (χ3n) is 6.80. The molecular formula is C17H32N2. The number of hydrogen-bond donors (Lipinski definition) is 1. The lowest BCUT2D eigenvalue weighted by atomic mass is 9.75. The number of nitrogens with two attached hydrogens (primary N) is 1. The van der Waals surface area contributed by atoms with E-state index in [1.807, 2.05) is 0 Å². The van der Waals surface area contributed by atoms with E-state index in [4.69, 9.17) is 5.73 Å². The van der Waals surface area contributed by atoms with E-state index in [0.717, 1.165) is 17.9 Å². The van der Waals surface area contributed by atoms with Gasteiger partial charge in [-0.25, -0.2) is 0 Å². The summed E-state index contributed by atoms with van der Waals surface area (Å²) in [5.41, 5.74) is 7.34. The first kappa shape index (κ1) is 13.9. The lowest BCUT2D eigenvalue weighted by Crippen LogP contribution is -2.56. The monoisotopic (exact) mass is 264 g/mol. The van der Waals surface area contributed by atoms with Crippen molar-refractivity contribution < 1.29 is 0 Å². The second-order valence-electron chi connectivity index (χ2n) is 7.64. The van der Waals surface area contributed by atoms with Crippen LogP contribution in [0.15, 0.2) is 0 Å². The molecule has 2 unspecified atom stereocenters. The lowest BCUT2D eigenvalue weighted by Gasteiger charge is -2.48. The summed E-state index contributed by atoms with van der Waals surface area (Å²) in [7, 11) is 0. The SMILES string of the molecule is CCC1CCC(CN)(N2CCC3(CCCC3)CC2)C1. The highest BCUT2D eigenvalue weighted by molar-refractivity contribution is 5.02. The van der Waals surface area contributed by atoms with E-state index in [9.17, 15) is 0 Å². The van der Waals surface area contributed by atoms with Crippen LogP contribution in [0, 0.1) is 11.3 Å². The summed E-state index contributed by atoms with van der Waals surface area (Å²) in [6, 6.07) is 0. The molecule has 19 heavy (non-hydrogen) atoms. The van der Waals surface area contributed by atoms with E-state index in [1.54, 1.807) is 0 Å². The van der Waals surface area contributed by atoms with Gasteiger partial charge in [0.2, 0.25) is 0 Å². The van der Waals surface area contributed by atoms with E-state index in [-0.39, 0.29) is 0 Å². The summed E-state index contributed by atoms with van der Waals surface area (Å²) in [5.74, 6) is 0.936. The van der Waals surface area contributed by atoms with Gasteiger partial charge in [0.15, 0.2) is 0 Å². The highest BCUT2D eigenvalue weighted by Crippen LogP contribution is 2.49. The molecule has 3 rings (SSSR count). The molecule has 2 nitrogen and oxygen atoms in total. The number of rotatable bonds is 3. The molecule has 110 valence electrons. The first-order chi connectivity index (χ1) is 9.22. The van der Waals surface area contributed by atoms with Gasteiger partial charge in [0.1, 0.15) is 0 Å². The van der Waals surface area contributed by atoms with Crippen LogP contribution in [0.25, 0.3) is 0 Å². The van der Waals surface area contributed by atoms with E-state index in [1.165, 1.54) is 77.3 Å². The Labute approximate surface area is 119 Å². The maximum absolute atomic E-state index is 6.22. The number of hydrogen-bond acceptors (Lipinski definition) is 2. The molecule has 1 heterocycles. The van der Waals surface area contributed by atoms with E-state index in [0.29, 0.717) is 5.54 Å². The Hall–Kier alpha value is -0.0800. The Morgan fingerprint density at radius 3 is 2.26 bits per heavy atom. The zero-order valence-electron chi connectivity index (χ0n) is 12.8. The fourth-order valence-corrected chi connectivity index (χ4v) is 5.24. The normalized spacial score (nSPS) is 39.2. The van der Waals surface area contributed by atoms with Gasteiger partial charge in [-0.15, -0.1) is 0 Å². The predicted molar refractivity (Wildman–Crippen MR) is 81.1 cm³/mol. The third-order valence-corrected chi connectivity index (χ3v) is 6.80. The number of nitrogens with zero attached hydrogens (tertiary/aromatic N) is 1. The second-order valence-corrected chi connectivity index (χ2v) is 7.64. The van der Waals surface area contributed by atoms with Crippen molar-refractivity contribution in [3.8, 4) is 0 Å². The Balaban J connectivity index is 1.63. The molecule has 0 radical (unpaired) electrons. The van der Waals surface area contributed by atoms with Gasteiger partial charge >= 0.3 is 0 Å². The molecule has 2 atom stereocenters. The Kier molecular flexibility index (Phi) is 3.92. The van der Waals surface area contributed by atoms with Gasteiger partial charge < -0.3 is 5.73 Å². The fourth-order valence-electron chi connectivity index (χ4n) is 5.24. The largest absolute Gasteiger partial charge is 0.329 e. The van der Waals surface area contributed by atoms with Crippen molar-refractivity contribution in [3.05, 3.63) is 0 Å². The molecule has 1 saturated heterocycles. The highest BCUT2D eigenvalue weighted by Gasteiger charge is 2.46. The molecule has 0 aromatic rings. The van der Waals surface area contributed by atoms with Crippen molar-refractivity contribution in [2.24, 2.45) is 17.1 Å². The third kappa shape index (κ3) is 2.47. The van der Waals surface area contributed by atoms with Crippen LogP contribution in [0.5, 0.6) is 0 Å². The zero-order valence-corrected chi connectivity index (χ0v) is 12.8. The minimum absolute atomic E-state index is 0.376. The quantitative estimate of drug-likeness (QED) is 0.844. The van der Waals surface area contributed by atoms with Crippen molar-refractivity contribution in [1.29, 1.82) is 0 Å². The van der Waals surface area contributed by atoms with Crippen LogP contribution < -0.4 is 5.73 Å². The topological polar surface area (TPSA) is 29.3 Å². The molecule has 2 aliphatic carbocycles. The Morgan fingerprint density at radius 2 is 1.74 bits per heavy atom. The highest BCUT2D eigenvalue weighted by atomic mass is 15.2. The predicted octanol–water partition coefficient (Wildman–Crippen LogP) is 3.55. The summed E-state index contributed by atoms with van der Waals surface area (Å²) in [6.07, 6.45) is 14.4. The molecule has 1 aliphatic heterocycles. The van der Waals surface area contributed by atoms with Gasteiger partial charge in [-0.05, 0) is 69.4 Å². The molecule has 0 bridgehead atoms. The van der Waals surface area contributed by atoms with E-state index >= 15 is 0 Å². The molecule has 3 fully saturated rings. The summed E-state index contributed by atoms with van der Waals surface area (Å²) in [6.45, 7) is 5.89. The first-order valence-electron chi connectivity index (χ1n) is 8.67. The molecule has 2 heteroatoms. The fraction of sp³-hybridized carbons (Fsp3) is 1.00. The standard InChI is InChI=1S/C17H32N2/c1-2-15-5-8-17(13-15,14-18)19-11-9-16(10-12-19)6-3-4-7-16/h15H,2-14,18H2,1H3. The van der Waals surface area contributed by atoms with Crippen molar-refractivity contribution in [2.75, 3.05) is 19.6 Å². The van der Waals surface area contributed by atoms with E-state index < -0.39 is 0 Å². The lowest BCUT2D eigenvalue weighted by molar-refractivity contribution is 0.0229. The molecule has 2 N–H and O–H groups in total. The number of likely N-dealkylation sites (tertiary alicyclic amines) is 1. The van der Waals surface area contributed by atoms with Gasteiger partial charge in [-0.1, -0.05) is 26.2 Å². The van der Waals surface area contributed by atoms with Gasteiger partial charge in [0.25, 0.3) is 0 Å². The summed E-state index contributed by atoms with van der Waals surface area (Å²) < 4.78 is 0. The van der Waals surface area contributed by atoms with Crippen LogP contribution in [0.1, 0.15) is 71.1 Å². The molecule has 0 aromatic heterocycles. The van der Waals surface area contributed by atoms with Crippen molar-refractivity contribution in [1.82, 2.24) is 4.90 Å². The van der Waals surface area contributed by atoms with Crippen molar-refractivity contribution >= 4 is 0 Å². The zero-order chi connectivity index (χ0) is 13.3. The van der Waals surface area contributed by atoms with Crippen molar-refractivity contribution in [2.45, 2.75) is 76.7 Å². The molecule has 1 spiro atoms. The molecule has 3 aliphatic rings. The van der Waals surface area contributed by atoms with Gasteiger partial charge in [-0.2, -0.15) is 0 Å². The van der Waals surface area contributed by atoms with Crippen LogP contribution >= 0.6 is 0 Å².